The van der Waals surface area contributed by atoms with Crippen LogP contribution < -0.4 is 4.74 Å². The molecule has 0 unspecified atom stereocenters. The minimum atomic E-state index is -4.46. The summed E-state index contributed by atoms with van der Waals surface area (Å²) in [4.78, 5) is 0. The molecule has 0 atom stereocenters. The Morgan fingerprint density at radius 2 is 2.00 bits per heavy atom. The third-order valence-corrected chi connectivity index (χ3v) is 3.16. The van der Waals surface area contributed by atoms with E-state index in [1.165, 1.54) is 12.1 Å². The van der Waals surface area contributed by atoms with E-state index in [2.05, 4.69) is 0 Å². The van der Waals surface area contributed by atoms with Gasteiger partial charge in [-0.15, -0.1) is 11.6 Å². The van der Waals surface area contributed by atoms with Crippen molar-refractivity contribution >= 4 is 11.6 Å². The molecule has 2 rings (SSSR count). The fraction of sp³-hybridized carbons (Fsp3) is 0.538. The summed E-state index contributed by atoms with van der Waals surface area (Å²) in [6.45, 7) is 0.376. The molecule has 0 radical (unpaired) electrons. The standard InChI is InChI=1S/C13H14ClF3O2/c14-6-10-3-4-12(11(5-10)13(15,16)17)19-8-18-7-9-1-2-9/h3-5,9H,1-2,6-8H2. The predicted octanol–water partition coefficient (Wildman–Crippen LogP) is 4.21. The monoisotopic (exact) mass is 294 g/mol. The zero-order valence-corrected chi connectivity index (χ0v) is 10.9. The second-order valence-corrected chi connectivity index (χ2v) is 4.81. The van der Waals surface area contributed by atoms with Crippen molar-refractivity contribution in [3.05, 3.63) is 29.3 Å². The van der Waals surface area contributed by atoms with Crippen LogP contribution >= 0.6 is 11.6 Å². The summed E-state index contributed by atoms with van der Waals surface area (Å²) < 4.78 is 48.8. The zero-order chi connectivity index (χ0) is 13.9. The van der Waals surface area contributed by atoms with Gasteiger partial charge in [0.25, 0.3) is 0 Å². The van der Waals surface area contributed by atoms with E-state index >= 15 is 0 Å². The smallest absolute Gasteiger partial charge is 0.419 e. The highest BCUT2D eigenvalue weighted by molar-refractivity contribution is 6.17. The molecule has 0 bridgehead atoms. The van der Waals surface area contributed by atoms with Gasteiger partial charge in [-0.1, -0.05) is 6.07 Å². The van der Waals surface area contributed by atoms with Crippen molar-refractivity contribution < 1.29 is 22.6 Å². The average Bonchev–Trinajstić information content (AvgIpc) is 3.17. The van der Waals surface area contributed by atoms with Crippen molar-refractivity contribution in [2.24, 2.45) is 5.92 Å². The first kappa shape index (κ1) is 14.5. The minimum absolute atomic E-state index is 0.0293. The molecule has 1 saturated carbocycles. The molecule has 0 aliphatic heterocycles. The van der Waals surface area contributed by atoms with Gasteiger partial charge in [0.05, 0.1) is 12.2 Å². The lowest BCUT2D eigenvalue weighted by Gasteiger charge is -2.15. The van der Waals surface area contributed by atoms with E-state index in [-0.39, 0.29) is 18.4 Å². The second kappa shape index (κ2) is 6.01. The molecule has 0 amide bonds. The Morgan fingerprint density at radius 1 is 1.26 bits per heavy atom. The molecule has 19 heavy (non-hydrogen) atoms. The summed E-state index contributed by atoms with van der Waals surface area (Å²) in [6.07, 6.45) is -2.22. The Morgan fingerprint density at radius 3 is 2.58 bits per heavy atom. The molecular weight excluding hydrogens is 281 g/mol. The number of ether oxygens (including phenoxy) is 2. The Balaban J connectivity index is 2.00. The molecule has 1 aromatic rings. The maximum Gasteiger partial charge on any atom is 0.419 e. The number of hydrogen-bond donors (Lipinski definition) is 0. The van der Waals surface area contributed by atoms with Crippen LogP contribution in [0.4, 0.5) is 13.2 Å². The summed E-state index contributed by atoms with van der Waals surface area (Å²) >= 11 is 5.54. The Labute approximate surface area is 114 Å². The lowest BCUT2D eigenvalue weighted by Crippen LogP contribution is -2.12. The van der Waals surface area contributed by atoms with E-state index in [1.54, 1.807) is 0 Å². The van der Waals surface area contributed by atoms with E-state index < -0.39 is 11.7 Å². The molecule has 2 nitrogen and oxygen atoms in total. The minimum Gasteiger partial charge on any atom is -0.467 e. The van der Waals surface area contributed by atoms with E-state index in [0.717, 1.165) is 18.9 Å². The lowest BCUT2D eigenvalue weighted by molar-refractivity contribution is -0.139. The number of halogens is 4. The van der Waals surface area contributed by atoms with Gasteiger partial charge in [0, 0.05) is 5.88 Å². The maximum atomic E-state index is 12.8. The van der Waals surface area contributed by atoms with Crippen molar-refractivity contribution in [1.82, 2.24) is 0 Å². The van der Waals surface area contributed by atoms with Crippen LogP contribution in [0.5, 0.6) is 5.75 Å². The topological polar surface area (TPSA) is 18.5 Å². The normalized spacial score (nSPS) is 15.6. The molecule has 0 spiro atoms. The van der Waals surface area contributed by atoms with Gasteiger partial charge in [0.1, 0.15) is 5.75 Å². The number of alkyl halides is 4. The highest BCUT2D eigenvalue weighted by Gasteiger charge is 2.34. The van der Waals surface area contributed by atoms with Crippen LogP contribution in [0.25, 0.3) is 0 Å². The highest BCUT2D eigenvalue weighted by Crippen LogP contribution is 2.37. The molecule has 1 aromatic carbocycles. The molecule has 1 aliphatic rings. The first-order chi connectivity index (χ1) is 9.00. The summed E-state index contributed by atoms with van der Waals surface area (Å²) in [5.74, 6) is 0.350. The van der Waals surface area contributed by atoms with E-state index in [0.29, 0.717) is 18.1 Å². The molecule has 1 fully saturated rings. The predicted molar refractivity (Wildman–Crippen MR) is 65.2 cm³/mol. The third-order valence-electron chi connectivity index (χ3n) is 2.85. The van der Waals surface area contributed by atoms with Gasteiger partial charge in [0.2, 0.25) is 0 Å². The van der Waals surface area contributed by atoms with Crippen molar-refractivity contribution in [3.63, 3.8) is 0 Å². The van der Waals surface area contributed by atoms with Gasteiger partial charge in [-0.2, -0.15) is 13.2 Å². The van der Waals surface area contributed by atoms with Gasteiger partial charge in [-0.3, -0.25) is 0 Å². The van der Waals surface area contributed by atoms with Crippen molar-refractivity contribution in [2.45, 2.75) is 24.9 Å². The van der Waals surface area contributed by atoms with Crippen molar-refractivity contribution in [3.8, 4) is 5.75 Å². The summed E-state index contributed by atoms with van der Waals surface area (Å²) in [6, 6.07) is 3.79. The Kier molecular flexibility index (Phi) is 4.58. The van der Waals surface area contributed by atoms with Crippen LogP contribution in [0.2, 0.25) is 0 Å². The van der Waals surface area contributed by atoms with E-state index in [1.807, 2.05) is 0 Å². The fourth-order valence-electron chi connectivity index (χ4n) is 1.61. The van der Waals surface area contributed by atoms with Crippen LogP contribution in [0.1, 0.15) is 24.0 Å². The van der Waals surface area contributed by atoms with Crippen LogP contribution in [0.3, 0.4) is 0 Å². The second-order valence-electron chi connectivity index (χ2n) is 4.54. The Bertz CT molecular complexity index is 430. The molecule has 0 saturated heterocycles. The molecule has 106 valence electrons. The third kappa shape index (κ3) is 4.28. The first-order valence-electron chi connectivity index (χ1n) is 5.97. The van der Waals surface area contributed by atoms with Gasteiger partial charge in [-0.05, 0) is 36.5 Å². The van der Waals surface area contributed by atoms with E-state index in [9.17, 15) is 13.2 Å². The SMILES string of the molecule is FC(F)(F)c1cc(CCl)ccc1OCOCC1CC1. The largest absolute Gasteiger partial charge is 0.467 e. The highest BCUT2D eigenvalue weighted by atomic mass is 35.5. The van der Waals surface area contributed by atoms with Gasteiger partial charge in [-0.25, -0.2) is 0 Å². The number of benzene rings is 1. The van der Waals surface area contributed by atoms with Crippen LogP contribution in [0.15, 0.2) is 18.2 Å². The van der Waals surface area contributed by atoms with Crippen LogP contribution in [-0.2, 0) is 16.8 Å². The van der Waals surface area contributed by atoms with Crippen LogP contribution in [0, 0.1) is 5.92 Å². The summed E-state index contributed by atoms with van der Waals surface area (Å²) in [7, 11) is 0. The maximum absolute atomic E-state index is 12.8. The quantitative estimate of drug-likeness (QED) is 0.444. The van der Waals surface area contributed by atoms with Gasteiger partial charge >= 0.3 is 6.18 Å². The van der Waals surface area contributed by atoms with Crippen molar-refractivity contribution in [2.75, 3.05) is 13.4 Å². The molecule has 0 heterocycles. The van der Waals surface area contributed by atoms with E-state index in [4.69, 9.17) is 21.1 Å². The molecule has 0 N–H and O–H groups in total. The van der Waals surface area contributed by atoms with Gasteiger partial charge < -0.3 is 9.47 Å². The first-order valence-corrected chi connectivity index (χ1v) is 6.51. The van der Waals surface area contributed by atoms with Gasteiger partial charge in [0.15, 0.2) is 6.79 Å². The summed E-state index contributed by atoms with van der Waals surface area (Å²) in [5.41, 5.74) is -0.416. The molecular formula is C13H14ClF3O2. The zero-order valence-electron chi connectivity index (χ0n) is 10.2. The summed E-state index contributed by atoms with van der Waals surface area (Å²) in [5, 5.41) is 0. The number of rotatable bonds is 6. The molecule has 1 aliphatic carbocycles. The lowest BCUT2D eigenvalue weighted by atomic mass is 10.1. The fourth-order valence-corrected chi connectivity index (χ4v) is 1.78. The Hall–Kier alpha value is -0.940. The van der Waals surface area contributed by atoms with Crippen molar-refractivity contribution in [1.29, 1.82) is 0 Å². The molecule has 0 aromatic heterocycles. The average molecular weight is 295 g/mol. The molecule has 6 heteroatoms. The van der Waals surface area contributed by atoms with Crippen LogP contribution in [-0.4, -0.2) is 13.4 Å². The number of hydrogen-bond acceptors (Lipinski definition) is 2.